The van der Waals surface area contributed by atoms with Crippen molar-refractivity contribution in [2.75, 3.05) is 26.2 Å². The molecule has 0 radical (unpaired) electrons. The van der Waals surface area contributed by atoms with Crippen LogP contribution in [0.4, 0.5) is 0 Å². The van der Waals surface area contributed by atoms with E-state index in [4.69, 9.17) is 0 Å². The molecule has 0 N–H and O–H groups in total. The molecule has 1 aliphatic rings. The number of rotatable bonds is 2. The van der Waals surface area contributed by atoms with Crippen LogP contribution >= 0.6 is 0 Å². The Morgan fingerprint density at radius 1 is 1.00 bits per heavy atom. The molecule has 1 fully saturated rings. The first-order valence-corrected chi connectivity index (χ1v) is 9.58. The number of nitrogens with zero attached hydrogens (tertiary/aromatic N) is 4. The summed E-state index contributed by atoms with van der Waals surface area (Å²) in [6.45, 7) is 3.09. The molecule has 9 heteroatoms. The molecule has 1 aliphatic heterocycles. The second kappa shape index (κ2) is 6.30. The fourth-order valence-electron chi connectivity index (χ4n) is 3.25. The van der Waals surface area contributed by atoms with Gasteiger partial charge in [-0.2, -0.15) is 4.31 Å². The van der Waals surface area contributed by atoms with Gasteiger partial charge in [0.05, 0.1) is 15.9 Å². The number of aromatic nitrogens is 2. The Kier molecular flexibility index (Phi) is 4.46. The summed E-state index contributed by atoms with van der Waals surface area (Å²) in [6.07, 6.45) is 0.602. The summed E-state index contributed by atoms with van der Waals surface area (Å²) in [4.78, 5) is 25.4. The van der Waals surface area contributed by atoms with Crippen molar-refractivity contribution < 1.29 is 13.2 Å². The maximum atomic E-state index is 13.0. The number of aryl methyl sites for hydroxylation is 2. The van der Waals surface area contributed by atoms with Crippen molar-refractivity contribution in [3.8, 4) is 0 Å². The number of amides is 1. The zero-order valence-corrected chi connectivity index (χ0v) is 15.4. The van der Waals surface area contributed by atoms with Crippen LogP contribution in [0.2, 0.25) is 0 Å². The second-order valence-corrected chi connectivity index (χ2v) is 8.25. The summed E-state index contributed by atoms with van der Waals surface area (Å²) in [5.74, 6) is -0.0417. The van der Waals surface area contributed by atoms with Crippen molar-refractivity contribution in [1.29, 1.82) is 0 Å². The molecule has 0 bridgehead atoms. The zero-order chi connectivity index (χ0) is 18.4. The second-order valence-electron chi connectivity index (χ2n) is 6.31. The van der Waals surface area contributed by atoms with Crippen LogP contribution in [0.3, 0.4) is 0 Å². The van der Waals surface area contributed by atoms with Crippen LogP contribution in [0, 0.1) is 0 Å². The number of sulfonamides is 1. The van der Waals surface area contributed by atoms with E-state index in [1.54, 1.807) is 31.1 Å². The highest BCUT2D eigenvalue weighted by Crippen LogP contribution is 2.22. The van der Waals surface area contributed by atoms with Gasteiger partial charge in [0.15, 0.2) is 0 Å². The number of carbonyl (C=O) groups excluding carboxylic acids is 1. The average molecular weight is 366 g/mol. The Labute approximate surface area is 146 Å². The molecule has 1 aromatic heterocycles. The van der Waals surface area contributed by atoms with Crippen LogP contribution < -0.4 is 5.69 Å². The van der Waals surface area contributed by atoms with Gasteiger partial charge < -0.3 is 4.90 Å². The lowest BCUT2D eigenvalue weighted by Gasteiger charge is -2.21. The summed E-state index contributed by atoms with van der Waals surface area (Å²) in [5, 5.41) is 0. The molecule has 1 amide bonds. The summed E-state index contributed by atoms with van der Waals surface area (Å²) in [7, 11) is -0.396. The normalized spacial score (nSPS) is 17.0. The first-order chi connectivity index (χ1) is 11.7. The summed E-state index contributed by atoms with van der Waals surface area (Å²) >= 11 is 0. The monoisotopic (exact) mass is 366 g/mol. The highest BCUT2D eigenvalue weighted by Gasteiger charge is 2.28. The van der Waals surface area contributed by atoms with E-state index >= 15 is 0 Å². The first kappa shape index (κ1) is 17.7. The van der Waals surface area contributed by atoms with E-state index in [0.717, 1.165) is 0 Å². The van der Waals surface area contributed by atoms with Crippen molar-refractivity contribution >= 4 is 27.0 Å². The van der Waals surface area contributed by atoms with Crippen LogP contribution in [0.15, 0.2) is 27.9 Å². The van der Waals surface area contributed by atoms with Gasteiger partial charge in [-0.1, -0.05) is 0 Å². The standard InChI is InChI=1S/C16H22N4O4S/c1-12(21)19-7-4-8-20(10-9-19)25(23,24)13-5-6-14-15(11-13)18(3)16(22)17(14)2/h5-6,11H,4,7-10H2,1-3H3. The van der Waals surface area contributed by atoms with Crippen molar-refractivity contribution in [3.63, 3.8) is 0 Å². The van der Waals surface area contributed by atoms with Gasteiger partial charge in [0.25, 0.3) is 0 Å². The van der Waals surface area contributed by atoms with Crippen LogP contribution in [-0.4, -0.2) is 58.8 Å². The van der Waals surface area contributed by atoms with Crippen LogP contribution in [0.1, 0.15) is 13.3 Å². The largest absolute Gasteiger partial charge is 0.342 e. The predicted molar refractivity (Wildman–Crippen MR) is 93.8 cm³/mol. The number of hydrogen-bond acceptors (Lipinski definition) is 4. The van der Waals surface area contributed by atoms with Gasteiger partial charge >= 0.3 is 5.69 Å². The Balaban J connectivity index is 1.97. The Hall–Kier alpha value is -2.13. The number of fused-ring (bicyclic) bond motifs is 1. The number of imidazole rings is 1. The highest BCUT2D eigenvalue weighted by molar-refractivity contribution is 7.89. The molecule has 0 saturated carbocycles. The van der Waals surface area contributed by atoms with E-state index in [2.05, 4.69) is 0 Å². The molecule has 0 aliphatic carbocycles. The molecule has 1 aromatic carbocycles. The fraction of sp³-hybridized carbons (Fsp3) is 0.500. The summed E-state index contributed by atoms with van der Waals surface area (Å²) < 4.78 is 30.3. The van der Waals surface area contributed by atoms with Gasteiger partial charge in [0.2, 0.25) is 15.9 Å². The van der Waals surface area contributed by atoms with Crippen LogP contribution in [-0.2, 0) is 28.9 Å². The van der Waals surface area contributed by atoms with E-state index in [-0.39, 0.29) is 23.0 Å². The minimum Gasteiger partial charge on any atom is -0.342 e. The lowest BCUT2D eigenvalue weighted by Crippen LogP contribution is -2.36. The minimum absolute atomic E-state index is 0.0417. The van der Waals surface area contributed by atoms with Gasteiger partial charge in [-0.05, 0) is 24.6 Å². The fourth-order valence-corrected chi connectivity index (χ4v) is 4.74. The van der Waals surface area contributed by atoms with Crippen molar-refractivity contribution in [3.05, 3.63) is 28.7 Å². The Morgan fingerprint density at radius 3 is 2.36 bits per heavy atom. The number of hydrogen-bond donors (Lipinski definition) is 0. The highest BCUT2D eigenvalue weighted by atomic mass is 32.2. The van der Waals surface area contributed by atoms with Gasteiger partial charge in [0, 0.05) is 47.2 Å². The topological polar surface area (TPSA) is 84.6 Å². The number of benzene rings is 1. The Morgan fingerprint density at radius 2 is 1.68 bits per heavy atom. The predicted octanol–water partition coefficient (Wildman–Crippen LogP) is 0.120. The molecular formula is C16H22N4O4S. The quantitative estimate of drug-likeness (QED) is 0.756. The maximum Gasteiger partial charge on any atom is 0.328 e. The molecule has 1 saturated heterocycles. The van der Waals surface area contributed by atoms with E-state index in [0.29, 0.717) is 37.1 Å². The average Bonchev–Trinajstić information content (AvgIpc) is 2.79. The molecule has 0 atom stereocenters. The SMILES string of the molecule is CC(=O)N1CCCN(S(=O)(=O)c2ccc3c(c2)n(C)c(=O)n3C)CC1. The smallest absolute Gasteiger partial charge is 0.328 e. The molecule has 25 heavy (non-hydrogen) atoms. The molecule has 2 heterocycles. The Bertz CT molecular complexity index is 989. The van der Waals surface area contributed by atoms with E-state index in [1.165, 1.54) is 26.4 Å². The van der Waals surface area contributed by atoms with E-state index in [9.17, 15) is 18.0 Å². The van der Waals surface area contributed by atoms with Crippen molar-refractivity contribution in [2.45, 2.75) is 18.2 Å². The van der Waals surface area contributed by atoms with Crippen LogP contribution in [0.25, 0.3) is 11.0 Å². The van der Waals surface area contributed by atoms with Crippen molar-refractivity contribution in [2.24, 2.45) is 14.1 Å². The first-order valence-electron chi connectivity index (χ1n) is 8.14. The maximum absolute atomic E-state index is 13.0. The van der Waals surface area contributed by atoms with Gasteiger partial charge in [-0.15, -0.1) is 0 Å². The zero-order valence-electron chi connectivity index (χ0n) is 14.6. The molecule has 136 valence electrons. The third-order valence-corrected chi connectivity index (χ3v) is 6.68. The molecule has 8 nitrogen and oxygen atoms in total. The third-order valence-electron chi connectivity index (χ3n) is 4.78. The van der Waals surface area contributed by atoms with Gasteiger partial charge in [-0.3, -0.25) is 13.9 Å². The molecule has 0 spiro atoms. The summed E-state index contributed by atoms with van der Waals surface area (Å²) in [5.41, 5.74) is 1.07. The van der Waals surface area contributed by atoms with Gasteiger partial charge in [0.1, 0.15) is 0 Å². The molecule has 0 unspecified atom stereocenters. The lowest BCUT2D eigenvalue weighted by atomic mass is 10.3. The van der Waals surface area contributed by atoms with E-state index in [1.807, 2.05) is 0 Å². The van der Waals surface area contributed by atoms with Crippen LogP contribution in [0.5, 0.6) is 0 Å². The molecule has 3 rings (SSSR count). The van der Waals surface area contributed by atoms with Crippen molar-refractivity contribution in [1.82, 2.24) is 18.3 Å². The molecular weight excluding hydrogens is 344 g/mol. The minimum atomic E-state index is -3.68. The summed E-state index contributed by atoms with van der Waals surface area (Å²) in [6, 6.07) is 4.73. The number of carbonyl (C=O) groups is 1. The lowest BCUT2D eigenvalue weighted by molar-refractivity contribution is -0.128. The van der Waals surface area contributed by atoms with E-state index < -0.39 is 10.0 Å². The van der Waals surface area contributed by atoms with Gasteiger partial charge in [-0.25, -0.2) is 13.2 Å². The third kappa shape index (κ3) is 2.98. The molecule has 2 aromatic rings.